The molecule has 1 amide bonds. The van der Waals surface area contributed by atoms with E-state index in [9.17, 15) is 4.79 Å². The van der Waals surface area contributed by atoms with Crippen LogP contribution in [0.2, 0.25) is 0 Å². The lowest BCUT2D eigenvalue weighted by Gasteiger charge is -2.09. The molecule has 0 aliphatic carbocycles. The van der Waals surface area contributed by atoms with Crippen molar-refractivity contribution in [1.82, 2.24) is 20.2 Å². The van der Waals surface area contributed by atoms with E-state index in [1.807, 2.05) is 56.3 Å². The molecule has 0 atom stereocenters. The molecule has 136 valence electrons. The Kier molecular flexibility index (Phi) is 4.77. The van der Waals surface area contributed by atoms with E-state index in [4.69, 9.17) is 0 Å². The van der Waals surface area contributed by atoms with Crippen LogP contribution in [-0.2, 0) is 4.79 Å². The molecule has 0 spiro atoms. The van der Waals surface area contributed by atoms with Crippen molar-refractivity contribution in [2.24, 2.45) is 0 Å². The number of rotatable bonds is 5. The highest BCUT2D eigenvalue weighted by Gasteiger charge is 2.10. The normalized spacial score (nSPS) is 11.2. The van der Waals surface area contributed by atoms with Gasteiger partial charge < -0.3 is 10.3 Å². The van der Waals surface area contributed by atoms with Gasteiger partial charge in [-0.15, -0.1) is 10.2 Å². The molecule has 2 aromatic carbocycles. The summed E-state index contributed by atoms with van der Waals surface area (Å²) in [6.07, 6.45) is 0.381. The van der Waals surface area contributed by atoms with E-state index in [2.05, 4.69) is 25.5 Å². The van der Waals surface area contributed by atoms with Crippen LogP contribution in [0.4, 0.5) is 5.69 Å². The van der Waals surface area contributed by atoms with Crippen molar-refractivity contribution in [3.8, 4) is 0 Å². The third-order valence-electron chi connectivity index (χ3n) is 4.33. The van der Waals surface area contributed by atoms with Crippen LogP contribution in [0.15, 0.2) is 47.6 Å². The SMILES string of the molecule is Cc1ccc(C)c(NC(=O)CCSc2nnc3c(n2)[nH]c2ccccc23)c1. The second kappa shape index (κ2) is 7.36. The van der Waals surface area contributed by atoms with Crippen LogP contribution < -0.4 is 5.32 Å². The molecule has 27 heavy (non-hydrogen) atoms. The van der Waals surface area contributed by atoms with Crippen molar-refractivity contribution in [3.05, 3.63) is 53.6 Å². The summed E-state index contributed by atoms with van der Waals surface area (Å²) >= 11 is 1.43. The van der Waals surface area contributed by atoms with E-state index in [0.29, 0.717) is 23.0 Å². The van der Waals surface area contributed by atoms with Crippen molar-refractivity contribution in [1.29, 1.82) is 0 Å². The van der Waals surface area contributed by atoms with Gasteiger partial charge in [0.2, 0.25) is 11.1 Å². The molecule has 4 aromatic rings. The summed E-state index contributed by atoms with van der Waals surface area (Å²) < 4.78 is 0. The van der Waals surface area contributed by atoms with Gasteiger partial charge in [0.05, 0.1) is 0 Å². The number of thioether (sulfide) groups is 1. The van der Waals surface area contributed by atoms with Crippen LogP contribution in [-0.4, -0.2) is 31.8 Å². The van der Waals surface area contributed by atoms with Crippen LogP contribution in [0.3, 0.4) is 0 Å². The Morgan fingerprint density at radius 3 is 2.89 bits per heavy atom. The molecule has 6 nitrogen and oxygen atoms in total. The molecule has 4 rings (SSSR count). The van der Waals surface area contributed by atoms with E-state index in [0.717, 1.165) is 33.2 Å². The highest BCUT2D eigenvalue weighted by Crippen LogP contribution is 2.23. The van der Waals surface area contributed by atoms with Crippen LogP contribution in [0, 0.1) is 13.8 Å². The van der Waals surface area contributed by atoms with Gasteiger partial charge in [-0.2, -0.15) is 0 Å². The molecule has 2 aromatic heterocycles. The van der Waals surface area contributed by atoms with Gasteiger partial charge in [-0.1, -0.05) is 42.1 Å². The quantitative estimate of drug-likeness (QED) is 0.508. The first-order chi connectivity index (χ1) is 13.1. The molecule has 0 aliphatic rings. The number of aryl methyl sites for hydroxylation is 2. The van der Waals surface area contributed by atoms with Crippen LogP contribution in [0.1, 0.15) is 17.5 Å². The largest absolute Gasteiger partial charge is 0.338 e. The second-order valence-electron chi connectivity index (χ2n) is 6.43. The van der Waals surface area contributed by atoms with Crippen molar-refractivity contribution in [3.63, 3.8) is 0 Å². The molecule has 0 unspecified atom stereocenters. The molecule has 0 fully saturated rings. The fourth-order valence-corrected chi connectivity index (χ4v) is 3.61. The maximum atomic E-state index is 12.2. The van der Waals surface area contributed by atoms with Crippen molar-refractivity contribution in [2.45, 2.75) is 25.4 Å². The molecule has 7 heteroatoms. The van der Waals surface area contributed by atoms with Gasteiger partial charge in [-0.25, -0.2) is 4.98 Å². The molecule has 2 N–H and O–H groups in total. The zero-order valence-electron chi connectivity index (χ0n) is 15.1. The fourth-order valence-electron chi connectivity index (χ4n) is 2.89. The Balaban J connectivity index is 1.39. The average molecular weight is 377 g/mol. The maximum Gasteiger partial charge on any atom is 0.225 e. The third kappa shape index (κ3) is 3.78. The Bertz CT molecular complexity index is 1140. The number of hydrogen-bond acceptors (Lipinski definition) is 5. The molecule has 0 radical (unpaired) electrons. The lowest BCUT2D eigenvalue weighted by molar-refractivity contribution is -0.115. The molecule has 0 bridgehead atoms. The summed E-state index contributed by atoms with van der Waals surface area (Å²) in [7, 11) is 0. The number of fused-ring (bicyclic) bond motifs is 3. The number of aromatic amines is 1. The minimum absolute atomic E-state index is 0.0177. The lowest BCUT2D eigenvalue weighted by Crippen LogP contribution is -2.13. The van der Waals surface area contributed by atoms with Gasteiger partial charge in [0.25, 0.3) is 0 Å². The molecule has 0 aliphatic heterocycles. The lowest BCUT2D eigenvalue weighted by atomic mass is 10.1. The highest BCUT2D eigenvalue weighted by atomic mass is 32.2. The summed E-state index contributed by atoms with van der Waals surface area (Å²) in [6.45, 7) is 3.99. The van der Waals surface area contributed by atoms with E-state index < -0.39 is 0 Å². The molecule has 0 saturated heterocycles. The topological polar surface area (TPSA) is 83.6 Å². The fraction of sp³-hybridized carbons (Fsp3) is 0.200. The number of carbonyl (C=O) groups is 1. The summed E-state index contributed by atoms with van der Waals surface area (Å²) in [5, 5.41) is 13.0. The monoisotopic (exact) mass is 377 g/mol. The predicted octanol–water partition coefficient (Wildman–Crippen LogP) is 4.24. The van der Waals surface area contributed by atoms with Gasteiger partial charge in [-0.3, -0.25) is 4.79 Å². The smallest absolute Gasteiger partial charge is 0.225 e. The number of nitrogens with zero attached hydrogens (tertiary/aromatic N) is 3. The Morgan fingerprint density at radius 2 is 2.00 bits per heavy atom. The number of para-hydroxylation sites is 1. The van der Waals surface area contributed by atoms with Crippen molar-refractivity contribution >= 4 is 45.4 Å². The zero-order chi connectivity index (χ0) is 18.8. The van der Waals surface area contributed by atoms with Gasteiger partial charge in [-0.05, 0) is 37.1 Å². The number of anilines is 1. The standard InChI is InChI=1S/C20H19N5OS/c1-12-7-8-13(2)16(11-12)21-17(26)9-10-27-20-23-19-18(24-25-20)14-5-3-4-6-15(14)22-19/h3-8,11H,9-10H2,1-2H3,(H,21,26)(H,22,23,25). The van der Waals surface area contributed by atoms with Crippen molar-refractivity contribution < 1.29 is 4.79 Å². The van der Waals surface area contributed by atoms with Crippen LogP contribution in [0.25, 0.3) is 22.1 Å². The van der Waals surface area contributed by atoms with Crippen LogP contribution >= 0.6 is 11.8 Å². The Morgan fingerprint density at radius 1 is 1.15 bits per heavy atom. The van der Waals surface area contributed by atoms with E-state index in [1.165, 1.54) is 11.8 Å². The first kappa shape index (κ1) is 17.5. The summed E-state index contributed by atoms with van der Waals surface area (Å²) in [6, 6.07) is 13.9. The van der Waals surface area contributed by atoms with Crippen molar-refractivity contribution in [2.75, 3.05) is 11.1 Å². The predicted molar refractivity (Wildman–Crippen MR) is 109 cm³/mol. The van der Waals surface area contributed by atoms with E-state index in [-0.39, 0.29) is 5.91 Å². The molecule has 0 saturated carbocycles. The maximum absolute atomic E-state index is 12.2. The van der Waals surface area contributed by atoms with Gasteiger partial charge in [0.15, 0.2) is 5.65 Å². The molecule has 2 heterocycles. The number of aromatic nitrogens is 4. The second-order valence-corrected chi connectivity index (χ2v) is 7.49. The average Bonchev–Trinajstić information content (AvgIpc) is 3.02. The van der Waals surface area contributed by atoms with Gasteiger partial charge in [0.1, 0.15) is 5.52 Å². The minimum Gasteiger partial charge on any atom is -0.338 e. The number of nitrogens with one attached hydrogen (secondary N) is 2. The first-order valence-corrected chi connectivity index (χ1v) is 9.70. The number of benzene rings is 2. The third-order valence-corrected chi connectivity index (χ3v) is 5.17. The van der Waals surface area contributed by atoms with Crippen LogP contribution in [0.5, 0.6) is 0 Å². The zero-order valence-corrected chi connectivity index (χ0v) is 15.9. The summed E-state index contributed by atoms with van der Waals surface area (Å²) in [5.74, 6) is 0.570. The number of H-pyrrole nitrogens is 1. The number of carbonyl (C=O) groups excluding carboxylic acids is 1. The number of amides is 1. The molecular weight excluding hydrogens is 358 g/mol. The van der Waals surface area contributed by atoms with Gasteiger partial charge in [0, 0.05) is 28.8 Å². The summed E-state index contributed by atoms with van der Waals surface area (Å²) in [4.78, 5) is 20.0. The first-order valence-electron chi connectivity index (χ1n) is 8.71. The Labute approximate surface area is 160 Å². The highest BCUT2D eigenvalue weighted by molar-refractivity contribution is 7.99. The van der Waals surface area contributed by atoms with E-state index >= 15 is 0 Å². The number of hydrogen-bond donors (Lipinski definition) is 2. The molecular formula is C20H19N5OS. The van der Waals surface area contributed by atoms with Gasteiger partial charge >= 0.3 is 0 Å². The minimum atomic E-state index is -0.0177. The Hall–Kier alpha value is -2.93. The summed E-state index contributed by atoms with van der Waals surface area (Å²) in [5.41, 5.74) is 5.51. The van der Waals surface area contributed by atoms with E-state index in [1.54, 1.807) is 0 Å².